The van der Waals surface area contributed by atoms with Crippen molar-refractivity contribution in [2.45, 2.75) is 0 Å². The highest BCUT2D eigenvalue weighted by molar-refractivity contribution is 9.10. The molecule has 0 aromatic carbocycles. The van der Waals surface area contributed by atoms with Crippen molar-refractivity contribution < 1.29 is 4.79 Å². The van der Waals surface area contributed by atoms with Gasteiger partial charge in [0.1, 0.15) is 22.2 Å². The van der Waals surface area contributed by atoms with Crippen molar-refractivity contribution in [3.8, 4) is 6.07 Å². The average molecular weight is 309 g/mol. The first kappa shape index (κ1) is 11.7. The molecular weight excluding hydrogens is 304 g/mol. The smallest absolute Gasteiger partial charge is 0.285 e. The van der Waals surface area contributed by atoms with Gasteiger partial charge in [0.2, 0.25) is 0 Å². The van der Waals surface area contributed by atoms with Gasteiger partial charge >= 0.3 is 0 Å². The number of carbonyl (C=O) groups is 1. The maximum absolute atomic E-state index is 11.7. The molecule has 0 unspecified atom stereocenters. The molecule has 0 radical (unpaired) electrons. The summed E-state index contributed by atoms with van der Waals surface area (Å²) in [6, 6.07) is 6.73. The number of nitriles is 1. The molecule has 1 amide bonds. The molecule has 2 rings (SSSR count). The molecule has 0 aliphatic rings. The Kier molecular flexibility index (Phi) is 3.46. The molecule has 0 saturated carbocycles. The van der Waals surface area contributed by atoms with Crippen LogP contribution >= 0.6 is 27.3 Å². The summed E-state index contributed by atoms with van der Waals surface area (Å²) in [7, 11) is 0. The predicted octanol–water partition coefficient (Wildman–Crippen LogP) is 2.42. The van der Waals surface area contributed by atoms with Crippen molar-refractivity contribution >= 4 is 39.0 Å². The lowest BCUT2D eigenvalue weighted by molar-refractivity contribution is 0.102. The highest BCUT2D eigenvalue weighted by Crippen LogP contribution is 2.16. The average Bonchev–Trinajstić information content (AvgIpc) is 2.76. The van der Waals surface area contributed by atoms with Gasteiger partial charge in [-0.3, -0.25) is 4.79 Å². The number of nitrogens with zero attached hydrogens (tertiary/aromatic N) is 3. The van der Waals surface area contributed by atoms with Crippen LogP contribution in [0.4, 0.5) is 5.82 Å². The Balaban J connectivity index is 2.16. The Morgan fingerprint density at radius 2 is 2.29 bits per heavy atom. The molecular formula is C10H5BrN4OS. The van der Waals surface area contributed by atoms with Crippen LogP contribution in [0, 0.1) is 11.3 Å². The van der Waals surface area contributed by atoms with E-state index in [2.05, 4.69) is 31.2 Å². The fraction of sp³-hybridized carbons (Fsp3) is 0. The molecule has 84 valence electrons. The first-order chi connectivity index (χ1) is 8.19. The summed E-state index contributed by atoms with van der Waals surface area (Å²) in [5, 5.41) is 13.3. The van der Waals surface area contributed by atoms with E-state index in [1.807, 2.05) is 6.07 Å². The SMILES string of the molecule is N#Cc1cccc(NC(=O)c2nc(Br)cs2)n1. The number of aromatic nitrogens is 2. The van der Waals surface area contributed by atoms with Crippen LogP contribution in [-0.2, 0) is 0 Å². The van der Waals surface area contributed by atoms with E-state index in [9.17, 15) is 4.79 Å². The van der Waals surface area contributed by atoms with E-state index in [4.69, 9.17) is 5.26 Å². The van der Waals surface area contributed by atoms with Gasteiger partial charge in [-0.2, -0.15) is 5.26 Å². The molecule has 0 fully saturated rings. The topological polar surface area (TPSA) is 78.7 Å². The molecule has 0 atom stereocenters. The van der Waals surface area contributed by atoms with Crippen molar-refractivity contribution in [2.24, 2.45) is 0 Å². The van der Waals surface area contributed by atoms with Crippen molar-refractivity contribution in [1.29, 1.82) is 5.26 Å². The fourth-order valence-electron chi connectivity index (χ4n) is 1.09. The van der Waals surface area contributed by atoms with Crippen LogP contribution in [0.5, 0.6) is 0 Å². The highest BCUT2D eigenvalue weighted by atomic mass is 79.9. The Hall–Kier alpha value is -1.78. The standard InChI is InChI=1S/C10H5BrN4OS/c11-7-5-17-10(14-7)9(16)15-8-3-1-2-6(4-12)13-8/h1-3,5H,(H,13,15,16). The van der Waals surface area contributed by atoms with Gasteiger partial charge in [-0.05, 0) is 28.1 Å². The fourth-order valence-corrected chi connectivity index (χ4v) is 2.24. The maximum atomic E-state index is 11.7. The van der Waals surface area contributed by atoms with E-state index in [0.717, 1.165) is 0 Å². The molecule has 2 aromatic rings. The Bertz CT molecular complexity index is 604. The van der Waals surface area contributed by atoms with Crippen LogP contribution in [-0.4, -0.2) is 15.9 Å². The third kappa shape index (κ3) is 2.87. The molecule has 1 N–H and O–H groups in total. The number of pyridine rings is 1. The molecule has 2 aromatic heterocycles. The van der Waals surface area contributed by atoms with Gasteiger partial charge < -0.3 is 5.32 Å². The zero-order valence-corrected chi connectivity index (χ0v) is 10.7. The molecule has 5 nitrogen and oxygen atoms in total. The number of carbonyl (C=O) groups excluding carboxylic acids is 1. The maximum Gasteiger partial charge on any atom is 0.285 e. The minimum Gasteiger partial charge on any atom is -0.304 e. The Labute approximate surface area is 109 Å². The van der Waals surface area contributed by atoms with E-state index in [-0.39, 0.29) is 11.6 Å². The van der Waals surface area contributed by atoms with Gasteiger partial charge in [-0.1, -0.05) is 6.07 Å². The van der Waals surface area contributed by atoms with Crippen molar-refractivity contribution in [2.75, 3.05) is 5.32 Å². The first-order valence-corrected chi connectivity index (χ1v) is 6.16. The monoisotopic (exact) mass is 308 g/mol. The van der Waals surface area contributed by atoms with Crippen LogP contribution in [0.15, 0.2) is 28.2 Å². The number of nitrogens with one attached hydrogen (secondary N) is 1. The van der Waals surface area contributed by atoms with Crippen LogP contribution in [0.2, 0.25) is 0 Å². The number of hydrogen-bond acceptors (Lipinski definition) is 5. The Morgan fingerprint density at radius 1 is 1.47 bits per heavy atom. The van der Waals surface area contributed by atoms with Gasteiger partial charge in [-0.15, -0.1) is 11.3 Å². The van der Waals surface area contributed by atoms with E-state index < -0.39 is 0 Å². The van der Waals surface area contributed by atoms with Crippen LogP contribution in [0.25, 0.3) is 0 Å². The lowest BCUT2D eigenvalue weighted by atomic mass is 10.3. The van der Waals surface area contributed by atoms with Gasteiger partial charge in [0.15, 0.2) is 5.01 Å². The lowest BCUT2D eigenvalue weighted by Gasteiger charge is -2.01. The summed E-state index contributed by atoms with van der Waals surface area (Å²) >= 11 is 4.39. The molecule has 0 aliphatic heterocycles. The number of anilines is 1. The molecule has 17 heavy (non-hydrogen) atoms. The molecule has 0 aliphatic carbocycles. The van der Waals surface area contributed by atoms with E-state index >= 15 is 0 Å². The third-order valence-electron chi connectivity index (χ3n) is 1.78. The number of halogens is 1. The van der Waals surface area contributed by atoms with Crippen LogP contribution in [0.1, 0.15) is 15.5 Å². The number of thiazole rings is 1. The Morgan fingerprint density at radius 3 is 2.94 bits per heavy atom. The lowest BCUT2D eigenvalue weighted by Crippen LogP contribution is -2.12. The van der Waals surface area contributed by atoms with Crippen molar-refractivity contribution in [3.05, 3.63) is 38.9 Å². The van der Waals surface area contributed by atoms with E-state index in [1.165, 1.54) is 11.3 Å². The van der Waals surface area contributed by atoms with Gasteiger partial charge in [0.25, 0.3) is 5.91 Å². The van der Waals surface area contributed by atoms with Gasteiger partial charge in [0, 0.05) is 5.38 Å². The summed E-state index contributed by atoms with van der Waals surface area (Å²) in [5.41, 5.74) is 0.253. The number of amides is 1. The molecule has 0 saturated heterocycles. The second-order valence-electron chi connectivity index (χ2n) is 2.95. The summed E-state index contributed by atoms with van der Waals surface area (Å²) in [6.07, 6.45) is 0. The minimum atomic E-state index is -0.344. The second kappa shape index (κ2) is 5.03. The first-order valence-electron chi connectivity index (χ1n) is 4.48. The van der Waals surface area contributed by atoms with Gasteiger partial charge in [-0.25, -0.2) is 9.97 Å². The molecule has 7 heteroatoms. The predicted molar refractivity (Wildman–Crippen MR) is 66.7 cm³/mol. The third-order valence-corrected chi connectivity index (χ3v) is 3.33. The van der Waals surface area contributed by atoms with Crippen LogP contribution < -0.4 is 5.32 Å². The van der Waals surface area contributed by atoms with E-state index in [1.54, 1.807) is 23.6 Å². The summed E-state index contributed by atoms with van der Waals surface area (Å²) in [6.45, 7) is 0. The molecule has 2 heterocycles. The summed E-state index contributed by atoms with van der Waals surface area (Å²) in [5.74, 6) is -0.0105. The largest absolute Gasteiger partial charge is 0.304 e. The molecule has 0 bridgehead atoms. The van der Waals surface area contributed by atoms with Gasteiger partial charge in [0.05, 0.1) is 0 Å². The highest BCUT2D eigenvalue weighted by Gasteiger charge is 2.11. The van der Waals surface area contributed by atoms with Crippen LogP contribution in [0.3, 0.4) is 0 Å². The number of hydrogen-bond donors (Lipinski definition) is 1. The van der Waals surface area contributed by atoms with Crippen molar-refractivity contribution in [3.63, 3.8) is 0 Å². The summed E-state index contributed by atoms with van der Waals surface area (Å²) in [4.78, 5) is 19.6. The normalized spacial score (nSPS) is 9.65. The summed E-state index contributed by atoms with van der Waals surface area (Å²) < 4.78 is 0.617. The van der Waals surface area contributed by atoms with E-state index in [0.29, 0.717) is 15.4 Å². The zero-order valence-electron chi connectivity index (χ0n) is 8.35. The number of rotatable bonds is 2. The molecule has 0 spiro atoms. The van der Waals surface area contributed by atoms with Crippen molar-refractivity contribution in [1.82, 2.24) is 9.97 Å². The second-order valence-corrected chi connectivity index (χ2v) is 4.62. The minimum absolute atomic E-state index is 0.253. The zero-order chi connectivity index (χ0) is 12.3. The quantitative estimate of drug-likeness (QED) is 0.924.